The van der Waals surface area contributed by atoms with Gasteiger partial charge in [-0.3, -0.25) is 0 Å². The fourth-order valence-corrected chi connectivity index (χ4v) is 2.76. The van der Waals surface area contributed by atoms with Crippen LogP contribution in [-0.2, 0) is 6.42 Å². The molecule has 0 amide bonds. The first-order chi connectivity index (χ1) is 10.2. The number of rotatable bonds is 6. The zero-order valence-corrected chi connectivity index (χ0v) is 14.4. The van der Waals surface area contributed by atoms with E-state index in [1.165, 1.54) is 5.56 Å². The lowest BCUT2D eigenvalue weighted by molar-refractivity contribution is 0.458. The minimum absolute atomic E-state index is 0.247. The molecule has 2 aromatic carbocycles. The lowest BCUT2D eigenvalue weighted by atomic mass is 10.1. The average molecular weight is 348 g/mol. The van der Waals surface area contributed by atoms with Crippen LogP contribution in [0.1, 0.15) is 37.9 Å². The van der Waals surface area contributed by atoms with E-state index in [9.17, 15) is 0 Å². The van der Waals surface area contributed by atoms with Crippen molar-refractivity contribution in [1.29, 1.82) is 0 Å². The predicted octanol–water partition coefficient (Wildman–Crippen LogP) is 5.47. The maximum Gasteiger partial charge on any atom is 0.132 e. The van der Waals surface area contributed by atoms with Gasteiger partial charge in [0.2, 0.25) is 0 Å². The predicted molar refractivity (Wildman–Crippen MR) is 92.1 cm³/mol. The first kappa shape index (κ1) is 16.1. The number of aryl methyl sites for hydroxylation is 1. The summed E-state index contributed by atoms with van der Waals surface area (Å²) >= 11 is 3.55. The van der Waals surface area contributed by atoms with Crippen LogP contribution in [0.2, 0.25) is 0 Å². The van der Waals surface area contributed by atoms with Gasteiger partial charge in [0.15, 0.2) is 0 Å². The standard InChI is InChI=1S/C18H22BrNO/c1-4-14-8-6-7-9-17(14)21-18-11-10-15(19)12-16(18)13(3)20-5-2/h6-13,20H,4-5H2,1-3H3. The highest BCUT2D eigenvalue weighted by atomic mass is 79.9. The summed E-state index contributed by atoms with van der Waals surface area (Å²) in [5.41, 5.74) is 2.39. The molecule has 0 bridgehead atoms. The van der Waals surface area contributed by atoms with Crippen molar-refractivity contribution < 1.29 is 4.74 Å². The van der Waals surface area contributed by atoms with Gasteiger partial charge in [-0.2, -0.15) is 0 Å². The van der Waals surface area contributed by atoms with Gasteiger partial charge in [-0.1, -0.05) is 48.0 Å². The highest BCUT2D eigenvalue weighted by Gasteiger charge is 2.13. The zero-order valence-electron chi connectivity index (χ0n) is 12.8. The zero-order chi connectivity index (χ0) is 15.2. The maximum absolute atomic E-state index is 6.19. The van der Waals surface area contributed by atoms with Crippen molar-refractivity contribution in [3.05, 3.63) is 58.1 Å². The fourth-order valence-electron chi connectivity index (χ4n) is 2.38. The second-order valence-electron chi connectivity index (χ2n) is 5.02. The Morgan fingerprint density at radius 1 is 1.10 bits per heavy atom. The second kappa shape index (κ2) is 7.62. The van der Waals surface area contributed by atoms with Crippen molar-refractivity contribution in [1.82, 2.24) is 5.32 Å². The van der Waals surface area contributed by atoms with E-state index in [1.54, 1.807) is 0 Å². The molecule has 1 unspecified atom stereocenters. The van der Waals surface area contributed by atoms with Crippen LogP contribution >= 0.6 is 15.9 Å². The van der Waals surface area contributed by atoms with Crippen LogP contribution in [0, 0.1) is 0 Å². The molecule has 0 aliphatic rings. The SMILES string of the molecule is CCNC(C)c1cc(Br)ccc1Oc1ccccc1CC. The lowest BCUT2D eigenvalue weighted by Crippen LogP contribution is -2.18. The smallest absolute Gasteiger partial charge is 0.132 e. The molecular formula is C18H22BrNO. The van der Waals surface area contributed by atoms with Crippen molar-refractivity contribution in [2.45, 2.75) is 33.2 Å². The molecule has 0 heterocycles. The summed E-state index contributed by atoms with van der Waals surface area (Å²) in [7, 11) is 0. The van der Waals surface area contributed by atoms with Crippen molar-refractivity contribution in [2.75, 3.05) is 6.54 Å². The van der Waals surface area contributed by atoms with Crippen LogP contribution in [0.5, 0.6) is 11.5 Å². The van der Waals surface area contributed by atoms with Crippen LogP contribution in [0.4, 0.5) is 0 Å². The Labute approximate surface area is 135 Å². The molecule has 2 aromatic rings. The van der Waals surface area contributed by atoms with E-state index >= 15 is 0 Å². The third-order valence-electron chi connectivity index (χ3n) is 3.52. The molecule has 0 saturated heterocycles. The molecule has 0 aliphatic carbocycles. The first-order valence-electron chi connectivity index (χ1n) is 7.44. The molecule has 0 spiro atoms. The lowest BCUT2D eigenvalue weighted by Gasteiger charge is -2.19. The summed E-state index contributed by atoms with van der Waals surface area (Å²) in [5, 5.41) is 3.44. The molecule has 21 heavy (non-hydrogen) atoms. The van der Waals surface area contributed by atoms with Gasteiger partial charge < -0.3 is 10.1 Å². The number of nitrogens with one attached hydrogen (secondary N) is 1. The van der Waals surface area contributed by atoms with Crippen molar-refractivity contribution in [2.24, 2.45) is 0 Å². The van der Waals surface area contributed by atoms with Gasteiger partial charge in [0, 0.05) is 16.1 Å². The van der Waals surface area contributed by atoms with E-state index < -0.39 is 0 Å². The molecule has 2 rings (SSSR count). The number of hydrogen-bond acceptors (Lipinski definition) is 2. The fraction of sp³-hybridized carbons (Fsp3) is 0.333. The molecule has 0 radical (unpaired) electrons. The van der Waals surface area contributed by atoms with Crippen molar-refractivity contribution >= 4 is 15.9 Å². The average Bonchev–Trinajstić information content (AvgIpc) is 2.49. The van der Waals surface area contributed by atoms with Gasteiger partial charge in [0.25, 0.3) is 0 Å². The normalized spacial score (nSPS) is 12.2. The number of benzene rings is 2. The molecule has 0 fully saturated rings. The Bertz CT molecular complexity index is 598. The quantitative estimate of drug-likeness (QED) is 0.747. The molecule has 0 aliphatic heterocycles. The highest BCUT2D eigenvalue weighted by molar-refractivity contribution is 9.10. The van der Waals surface area contributed by atoms with Crippen LogP contribution < -0.4 is 10.1 Å². The van der Waals surface area contributed by atoms with E-state index in [0.717, 1.165) is 34.5 Å². The van der Waals surface area contributed by atoms with Crippen LogP contribution in [0.15, 0.2) is 46.9 Å². The summed E-state index contributed by atoms with van der Waals surface area (Å²) < 4.78 is 7.26. The first-order valence-corrected chi connectivity index (χ1v) is 8.23. The van der Waals surface area contributed by atoms with Crippen LogP contribution in [-0.4, -0.2) is 6.54 Å². The summed E-state index contributed by atoms with van der Waals surface area (Å²) in [6.07, 6.45) is 0.963. The highest BCUT2D eigenvalue weighted by Crippen LogP contribution is 2.33. The third kappa shape index (κ3) is 4.08. The van der Waals surface area contributed by atoms with E-state index in [-0.39, 0.29) is 6.04 Å². The molecule has 112 valence electrons. The van der Waals surface area contributed by atoms with Gasteiger partial charge >= 0.3 is 0 Å². The van der Waals surface area contributed by atoms with Gasteiger partial charge in [0.1, 0.15) is 11.5 Å². The Balaban J connectivity index is 2.35. The Morgan fingerprint density at radius 3 is 2.57 bits per heavy atom. The topological polar surface area (TPSA) is 21.3 Å². The number of halogens is 1. The van der Waals surface area contributed by atoms with E-state index in [2.05, 4.69) is 60.2 Å². The molecule has 2 nitrogen and oxygen atoms in total. The maximum atomic E-state index is 6.19. The molecular weight excluding hydrogens is 326 g/mol. The summed E-state index contributed by atoms with van der Waals surface area (Å²) in [6.45, 7) is 7.34. The summed E-state index contributed by atoms with van der Waals surface area (Å²) in [4.78, 5) is 0. The summed E-state index contributed by atoms with van der Waals surface area (Å²) in [5.74, 6) is 1.85. The Hall–Kier alpha value is -1.32. The number of ether oxygens (including phenoxy) is 1. The molecule has 1 N–H and O–H groups in total. The van der Waals surface area contributed by atoms with Crippen molar-refractivity contribution in [3.8, 4) is 11.5 Å². The van der Waals surface area contributed by atoms with Crippen LogP contribution in [0.3, 0.4) is 0 Å². The molecule has 1 atom stereocenters. The second-order valence-corrected chi connectivity index (χ2v) is 5.94. The number of para-hydroxylation sites is 1. The van der Waals surface area contributed by atoms with Gasteiger partial charge in [0.05, 0.1) is 0 Å². The Morgan fingerprint density at radius 2 is 1.86 bits per heavy atom. The van der Waals surface area contributed by atoms with E-state index in [1.807, 2.05) is 24.3 Å². The minimum atomic E-state index is 0.247. The number of hydrogen-bond donors (Lipinski definition) is 1. The van der Waals surface area contributed by atoms with Gasteiger partial charge in [-0.05, 0) is 49.7 Å². The summed E-state index contributed by atoms with van der Waals surface area (Å²) in [6, 6.07) is 14.6. The monoisotopic (exact) mass is 347 g/mol. The molecule has 0 aromatic heterocycles. The van der Waals surface area contributed by atoms with E-state index in [4.69, 9.17) is 4.74 Å². The van der Waals surface area contributed by atoms with Crippen LogP contribution in [0.25, 0.3) is 0 Å². The largest absolute Gasteiger partial charge is 0.457 e. The Kier molecular flexibility index (Phi) is 5.83. The molecule has 3 heteroatoms. The van der Waals surface area contributed by atoms with Gasteiger partial charge in [-0.15, -0.1) is 0 Å². The third-order valence-corrected chi connectivity index (χ3v) is 4.02. The van der Waals surface area contributed by atoms with Gasteiger partial charge in [-0.25, -0.2) is 0 Å². The molecule has 0 saturated carbocycles. The van der Waals surface area contributed by atoms with E-state index in [0.29, 0.717) is 0 Å². The van der Waals surface area contributed by atoms with Crippen molar-refractivity contribution in [3.63, 3.8) is 0 Å². The minimum Gasteiger partial charge on any atom is -0.457 e.